The van der Waals surface area contributed by atoms with Crippen LogP contribution < -0.4 is 5.73 Å². The molecule has 1 amide bonds. The summed E-state index contributed by atoms with van der Waals surface area (Å²) in [7, 11) is 0. The zero-order chi connectivity index (χ0) is 28.5. The smallest absolute Gasteiger partial charge is 0.326 e. The predicted octanol–water partition coefficient (Wildman–Crippen LogP) is 2.94. The van der Waals surface area contributed by atoms with Gasteiger partial charge in [-0.15, -0.1) is 0 Å². The third-order valence-corrected chi connectivity index (χ3v) is 7.49. The van der Waals surface area contributed by atoms with Crippen LogP contribution in [0.4, 0.5) is 0 Å². The molecule has 0 aliphatic carbocycles. The molecule has 0 spiro atoms. The minimum atomic E-state index is -1.48. The van der Waals surface area contributed by atoms with Gasteiger partial charge in [0, 0.05) is 6.54 Å². The summed E-state index contributed by atoms with van der Waals surface area (Å²) < 4.78 is 10.8. The van der Waals surface area contributed by atoms with Crippen LogP contribution in [0.1, 0.15) is 111 Å². The number of unbranched alkanes of at least 4 members (excludes halogenated alkanes) is 13. The van der Waals surface area contributed by atoms with E-state index < -0.39 is 61.3 Å². The van der Waals surface area contributed by atoms with Gasteiger partial charge in [-0.05, 0) is 20.3 Å². The average Bonchev–Trinajstić information content (AvgIpc) is 2.90. The summed E-state index contributed by atoms with van der Waals surface area (Å²) in [5.74, 6) is -1.65. The fraction of sp³-hybridized carbons (Fsp3) is 0.929. The van der Waals surface area contributed by atoms with Crippen LogP contribution in [-0.2, 0) is 19.1 Å². The van der Waals surface area contributed by atoms with Crippen LogP contribution in [0.3, 0.4) is 0 Å². The van der Waals surface area contributed by atoms with Gasteiger partial charge in [-0.2, -0.15) is 0 Å². The number of aliphatic carboxylic acids is 1. The van der Waals surface area contributed by atoms with E-state index in [2.05, 4.69) is 6.92 Å². The van der Waals surface area contributed by atoms with Crippen LogP contribution in [0, 0.1) is 0 Å². The lowest BCUT2D eigenvalue weighted by Gasteiger charge is -2.42. The highest BCUT2D eigenvalue weighted by molar-refractivity contribution is 5.86. The summed E-state index contributed by atoms with van der Waals surface area (Å²) in [5, 5.41) is 39.3. The molecule has 1 fully saturated rings. The van der Waals surface area contributed by atoms with Gasteiger partial charge < -0.3 is 40.5 Å². The topological polar surface area (TPSA) is 163 Å². The molecule has 0 bridgehead atoms. The Hall–Kier alpha value is -1.30. The Morgan fingerprint density at radius 1 is 0.895 bits per heavy atom. The number of ether oxygens (including phenoxy) is 2. The van der Waals surface area contributed by atoms with Crippen LogP contribution in [0.5, 0.6) is 0 Å². The standard InChI is InChI=1S/C28H54N2O8/c1-4-5-6-7-8-9-10-11-12-13-14-15-16-17-18-30(20(2)27(34)35)26(33)21(3)37-25-23(29)28(36)38-22(19-31)24(25)32/h20-25,28,31-32,36H,4-19,29H2,1-3H3,(H,34,35)/t20-,21?,22+,23+,24+,25+,28-/m0/s1. The normalized spacial score (nSPS) is 25.2. The zero-order valence-electron chi connectivity index (χ0n) is 23.8. The highest BCUT2D eigenvalue weighted by atomic mass is 16.6. The number of rotatable bonds is 21. The molecule has 0 aromatic carbocycles. The quantitative estimate of drug-likeness (QED) is 0.136. The van der Waals surface area contributed by atoms with Crippen molar-refractivity contribution in [3.05, 3.63) is 0 Å². The van der Waals surface area contributed by atoms with Gasteiger partial charge in [-0.3, -0.25) is 4.79 Å². The summed E-state index contributed by atoms with van der Waals surface area (Å²) in [6, 6.07) is -2.18. The molecule has 0 saturated carbocycles. The first-order valence-electron chi connectivity index (χ1n) is 14.7. The molecule has 6 N–H and O–H groups in total. The Bertz CT molecular complexity index is 652. The molecule has 7 atom stereocenters. The maximum atomic E-state index is 13.1. The predicted molar refractivity (Wildman–Crippen MR) is 145 cm³/mol. The molecule has 0 aromatic heterocycles. The van der Waals surface area contributed by atoms with Crippen LogP contribution >= 0.6 is 0 Å². The summed E-state index contributed by atoms with van der Waals surface area (Å²) in [4.78, 5) is 26.1. The summed E-state index contributed by atoms with van der Waals surface area (Å²) >= 11 is 0. The first-order valence-corrected chi connectivity index (χ1v) is 14.7. The van der Waals surface area contributed by atoms with E-state index in [-0.39, 0.29) is 6.54 Å². The molecule has 224 valence electrons. The first-order chi connectivity index (χ1) is 18.1. The maximum absolute atomic E-state index is 13.1. The second kappa shape index (κ2) is 19.7. The molecule has 10 nitrogen and oxygen atoms in total. The largest absolute Gasteiger partial charge is 0.480 e. The number of carbonyl (C=O) groups is 2. The Morgan fingerprint density at radius 3 is 1.82 bits per heavy atom. The van der Waals surface area contributed by atoms with Gasteiger partial charge >= 0.3 is 5.97 Å². The fourth-order valence-corrected chi connectivity index (χ4v) is 4.91. The second-order valence-corrected chi connectivity index (χ2v) is 10.7. The Labute approximate surface area is 228 Å². The number of nitrogens with zero attached hydrogens (tertiary/aromatic N) is 1. The number of aliphatic hydroxyl groups is 3. The van der Waals surface area contributed by atoms with Crippen molar-refractivity contribution in [2.24, 2.45) is 5.73 Å². The molecule has 1 aliphatic heterocycles. The second-order valence-electron chi connectivity index (χ2n) is 10.7. The molecular formula is C28H54N2O8. The highest BCUT2D eigenvalue weighted by Crippen LogP contribution is 2.23. The number of hydrogen-bond acceptors (Lipinski definition) is 8. The van der Waals surface area contributed by atoms with Crippen molar-refractivity contribution < 1.29 is 39.5 Å². The Kier molecular flexibility index (Phi) is 18.0. The lowest BCUT2D eigenvalue weighted by Crippen LogP contribution is -2.64. The third-order valence-electron chi connectivity index (χ3n) is 7.49. The summed E-state index contributed by atoms with van der Waals surface area (Å²) in [6.45, 7) is 4.88. The molecule has 38 heavy (non-hydrogen) atoms. The van der Waals surface area contributed by atoms with Crippen molar-refractivity contribution in [1.29, 1.82) is 0 Å². The zero-order valence-corrected chi connectivity index (χ0v) is 23.8. The molecular weight excluding hydrogens is 492 g/mol. The number of carboxylic acids is 1. The number of carboxylic acid groups (broad SMARTS) is 1. The van der Waals surface area contributed by atoms with E-state index in [0.717, 1.165) is 19.3 Å². The summed E-state index contributed by atoms with van der Waals surface area (Å²) in [5.41, 5.74) is 5.90. The highest BCUT2D eigenvalue weighted by Gasteiger charge is 2.45. The van der Waals surface area contributed by atoms with Crippen LogP contribution in [-0.4, -0.2) is 93.1 Å². The van der Waals surface area contributed by atoms with Crippen molar-refractivity contribution in [3.63, 3.8) is 0 Å². The number of amides is 1. The van der Waals surface area contributed by atoms with Crippen molar-refractivity contribution in [2.75, 3.05) is 13.2 Å². The average molecular weight is 547 g/mol. The van der Waals surface area contributed by atoms with Gasteiger partial charge in [0.15, 0.2) is 6.29 Å². The van der Waals surface area contributed by atoms with E-state index in [1.54, 1.807) is 0 Å². The van der Waals surface area contributed by atoms with Crippen LogP contribution in [0.25, 0.3) is 0 Å². The SMILES string of the molecule is CCCCCCCCCCCCCCCCN(C(=O)C(C)O[C@@H]1[C@@H](N)[C@@H](O)O[C@H](CO)[C@H]1O)[C@@H](C)C(=O)O. The number of nitrogens with two attached hydrogens (primary N) is 1. The van der Waals surface area contributed by atoms with E-state index in [1.807, 2.05) is 0 Å². The molecule has 1 aliphatic rings. The van der Waals surface area contributed by atoms with Crippen molar-refractivity contribution >= 4 is 11.9 Å². The van der Waals surface area contributed by atoms with Gasteiger partial charge in [0.2, 0.25) is 0 Å². The molecule has 1 heterocycles. The Morgan fingerprint density at radius 2 is 1.37 bits per heavy atom. The molecule has 0 aromatic rings. The number of hydrogen-bond donors (Lipinski definition) is 5. The molecule has 10 heteroatoms. The third kappa shape index (κ3) is 12.3. The van der Waals surface area contributed by atoms with E-state index in [9.17, 15) is 30.0 Å². The molecule has 1 unspecified atom stereocenters. The molecule has 0 radical (unpaired) electrons. The van der Waals surface area contributed by atoms with E-state index >= 15 is 0 Å². The van der Waals surface area contributed by atoms with Gasteiger partial charge in [-0.1, -0.05) is 90.4 Å². The van der Waals surface area contributed by atoms with Gasteiger partial charge in [0.1, 0.15) is 30.5 Å². The van der Waals surface area contributed by atoms with Crippen molar-refractivity contribution in [3.8, 4) is 0 Å². The molecule has 1 saturated heterocycles. The number of carbonyl (C=O) groups excluding carboxylic acids is 1. The first kappa shape index (κ1) is 34.7. The number of aliphatic hydroxyl groups excluding tert-OH is 3. The van der Waals surface area contributed by atoms with Crippen LogP contribution in [0.2, 0.25) is 0 Å². The van der Waals surface area contributed by atoms with Crippen LogP contribution in [0.15, 0.2) is 0 Å². The van der Waals surface area contributed by atoms with Crippen molar-refractivity contribution in [2.45, 2.75) is 153 Å². The lowest BCUT2D eigenvalue weighted by molar-refractivity contribution is -0.262. The minimum absolute atomic E-state index is 0.280. The summed E-state index contributed by atoms with van der Waals surface area (Å²) in [6.07, 6.45) is 10.6. The fourth-order valence-electron chi connectivity index (χ4n) is 4.91. The Balaban J connectivity index is 2.41. The van der Waals surface area contributed by atoms with Gasteiger partial charge in [0.25, 0.3) is 5.91 Å². The van der Waals surface area contributed by atoms with Gasteiger partial charge in [-0.25, -0.2) is 4.79 Å². The van der Waals surface area contributed by atoms with Crippen molar-refractivity contribution in [1.82, 2.24) is 4.90 Å². The minimum Gasteiger partial charge on any atom is -0.480 e. The maximum Gasteiger partial charge on any atom is 0.326 e. The van der Waals surface area contributed by atoms with E-state index in [1.165, 1.54) is 83.0 Å². The molecule has 1 rings (SSSR count). The monoisotopic (exact) mass is 546 g/mol. The van der Waals surface area contributed by atoms with Gasteiger partial charge in [0.05, 0.1) is 12.6 Å². The lowest BCUT2D eigenvalue weighted by atomic mass is 9.97. The van der Waals surface area contributed by atoms with E-state index in [0.29, 0.717) is 6.42 Å². The van der Waals surface area contributed by atoms with E-state index in [4.69, 9.17) is 15.2 Å².